The Balaban J connectivity index is 1.71. The van der Waals surface area contributed by atoms with Crippen LogP contribution < -0.4 is 28.7 Å². The predicted octanol–water partition coefficient (Wildman–Crippen LogP) is 4.02. The predicted molar refractivity (Wildman–Crippen MR) is 182 cm³/mol. The summed E-state index contributed by atoms with van der Waals surface area (Å²) in [6.45, 7) is -0.412. The molecule has 0 aliphatic heterocycles. The zero-order chi connectivity index (χ0) is 35.3. The number of anilines is 2. The van der Waals surface area contributed by atoms with Crippen molar-refractivity contribution in [3.8, 4) is 45.5 Å². The number of pyridine rings is 2. The first-order valence-electron chi connectivity index (χ1n) is 14.2. The van der Waals surface area contributed by atoms with Gasteiger partial charge in [-0.1, -0.05) is 0 Å². The van der Waals surface area contributed by atoms with Gasteiger partial charge < -0.3 is 28.7 Å². The fraction of sp³-hybridized carbons (Fsp3) is 0.312. The van der Waals surface area contributed by atoms with E-state index in [0.717, 1.165) is 12.5 Å². The second-order valence-corrected chi connectivity index (χ2v) is 13.8. The minimum atomic E-state index is -4.30. The Labute approximate surface area is 281 Å². The summed E-state index contributed by atoms with van der Waals surface area (Å²) in [4.78, 5) is 11.9. The summed E-state index contributed by atoms with van der Waals surface area (Å²) < 4.78 is 83.1. The normalized spacial score (nSPS) is 11.9. The molecule has 0 bridgehead atoms. The van der Waals surface area contributed by atoms with Crippen molar-refractivity contribution in [2.75, 3.05) is 71.4 Å². The highest BCUT2D eigenvalue weighted by molar-refractivity contribution is 7.86. The maximum Gasteiger partial charge on any atom is 0.300 e. The van der Waals surface area contributed by atoms with Crippen LogP contribution in [0.25, 0.3) is 22.5 Å². The van der Waals surface area contributed by atoms with Crippen LogP contribution >= 0.6 is 0 Å². The highest BCUT2D eigenvalue weighted by Gasteiger charge is 2.46. The lowest BCUT2D eigenvalue weighted by atomic mass is 10.1. The first-order chi connectivity index (χ1) is 22.6. The van der Waals surface area contributed by atoms with Crippen LogP contribution in [0.15, 0.2) is 73.1 Å². The van der Waals surface area contributed by atoms with Gasteiger partial charge in [0.05, 0.1) is 82.7 Å². The molecular weight excluding hydrogens is 665 g/mol. The van der Waals surface area contributed by atoms with Crippen LogP contribution in [0.5, 0.6) is 23.0 Å². The molecule has 0 aliphatic rings. The van der Waals surface area contributed by atoms with E-state index in [1.807, 2.05) is 6.07 Å². The monoisotopic (exact) mass is 702 g/mol. The van der Waals surface area contributed by atoms with E-state index < -0.39 is 32.7 Å². The Bertz CT molecular complexity index is 1900. The molecule has 0 fully saturated rings. The summed E-state index contributed by atoms with van der Waals surface area (Å²) in [6, 6.07) is 17.4. The Hall–Kier alpha value is -4.64. The number of ether oxygens (including phenoxy) is 4. The second kappa shape index (κ2) is 14.6. The molecule has 2 aromatic heterocycles. The molecule has 48 heavy (non-hydrogen) atoms. The maximum atomic E-state index is 12.6. The average molecular weight is 703 g/mol. The van der Waals surface area contributed by atoms with Crippen molar-refractivity contribution < 1.29 is 44.1 Å². The number of likely N-dealkylation sites (N-methyl/N-ethyl adjacent to an activating group) is 2. The second-order valence-electron chi connectivity index (χ2n) is 10.6. The molecule has 0 saturated carbocycles. The van der Waals surface area contributed by atoms with E-state index in [9.17, 15) is 16.8 Å². The van der Waals surface area contributed by atoms with Crippen LogP contribution in [0.2, 0.25) is 0 Å². The smallest absolute Gasteiger partial charge is 0.300 e. The van der Waals surface area contributed by atoms with Gasteiger partial charge in [-0.2, -0.15) is 16.8 Å². The van der Waals surface area contributed by atoms with Gasteiger partial charge in [0.25, 0.3) is 20.2 Å². The van der Waals surface area contributed by atoms with Crippen LogP contribution in [0.3, 0.4) is 0 Å². The first-order valence-corrected chi connectivity index (χ1v) is 17.9. The van der Waals surface area contributed by atoms with Crippen molar-refractivity contribution >= 4 is 31.6 Å². The van der Waals surface area contributed by atoms with Crippen molar-refractivity contribution in [1.82, 2.24) is 9.97 Å². The van der Waals surface area contributed by atoms with E-state index in [2.05, 4.69) is 9.97 Å². The van der Waals surface area contributed by atoms with Gasteiger partial charge in [-0.05, 0) is 48.5 Å². The number of rotatable bonds is 15. The lowest BCUT2D eigenvalue weighted by Gasteiger charge is -2.42. The van der Waals surface area contributed by atoms with E-state index >= 15 is 0 Å². The van der Waals surface area contributed by atoms with Crippen LogP contribution in [0.1, 0.15) is 0 Å². The number of nitrogens with zero attached hydrogens (tertiary/aromatic N) is 4. The molecule has 16 heteroatoms. The van der Waals surface area contributed by atoms with Gasteiger partial charge in [-0.15, -0.1) is 0 Å². The van der Waals surface area contributed by atoms with E-state index in [-0.39, 0.29) is 5.69 Å². The van der Waals surface area contributed by atoms with Crippen molar-refractivity contribution in [2.24, 2.45) is 0 Å². The fourth-order valence-electron chi connectivity index (χ4n) is 4.88. The lowest BCUT2D eigenvalue weighted by Crippen LogP contribution is -2.59. The van der Waals surface area contributed by atoms with Gasteiger partial charge in [0.15, 0.2) is 0 Å². The molecule has 0 saturated heterocycles. The van der Waals surface area contributed by atoms with E-state index in [4.69, 9.17) is 27.3 Å². The molecule has 0 aliphatic carbocycles. The molecule has 2 aromatic carbocycles. The zero-order valence-electron chi connectivity index (χ0n) is 27.8. The van der Waals surface area contributed by atoms with Gasteiger partial charge in [0.2, 0.25) is 0 Å². The Morgan fingerprint density at radius 1 is 0.625 bits per heavy atom. The molecule has 258 valence electrons. The summed E-state index contributed by atoms with van der Waals surface area (Å²) in [6.07, 6.45) is 4.58. The SMILES string of the molecule is COc1ccc(-c2ccc(N(C)CC(OS(C)(=O)=O)(OS(C)(=O)=O)N(C)c3ccc(-c4ccc(OC)cc4OC)nc3)cn2)c(OC)c1. The summed E-state index contributed by atoms with van der Waals surface area (Å²) in [5, 5.41) is 0. The van der Waals surface area contributed by atoms with Crippen molar-refractivity contribution in [3.63, 3.8) is 0 Å². The highest BCUT2D eigenvalue weighted by atomic mass is 32.2. The molecule has 0 spiro atoms. The van der Waals surface area contributed by atoms with Crippen LogP contribution in [-0.4, -0.2) is 94.3 Å². The molecule has 0 unspecified atom stereocenters. The van der Waals surface area contributed by atoms with E-state index in [0.29, 0.717) is 51.2 Å². The van der Waals surface area contributed by atoms with Gasteiger partial charge in [0.1, 0.15) is 23.0 Å². The minimum absolute atomic E-state index is 0.284. The topological polar surface area (TPSA) is 156 Å². The maximum absolute atomic E-state index is 12.6. The number of hydrogen-bond acceptors (Lipinski definition) is 14. The van der Waals surface area contributed by atoms with E-state index in [1.54, 1.807) is 94.1 Å². The third kappa shape index (κ3) is 8.63. The quantitative estimate of drug-likeness (QED) is 0.129. The molecule has 0 atom stereocenters. The fourth-order valence-corrected chi connectivity index (χ4v) is 6.27. The third-order valence-electron chi connectivity index (χ3n) is 7.20. The Morgan fingerprint density at radius 3 is 1.42 bits per heavy atom. The minimum Gasteiger partial charge on any atom is -0.497 e. The number of hydrogen-bond donors (Lipinski definition) is 0. The molecule has 4 rings (SSSR count). The first kappa shape index (κ1) is 36.2. The molecule has 0 radical (unpaired) electrons. The lowest BCUT2D eigenvalue weighted by molar-refractivity contribution is -0.0930. The third-order valence-corrected chi connectivity index (χ3v) is 8.33. The number of aromatic nitrogens is 2. The standard InChI is InChI=1S/C32H38N4O10S2/c1-35(22-9-15-28(33-19-22)26-13-11-24(41-3)17-30(26)43-5)21-32(45-47(7,37)38,46-48(8,39)40)36(2)23-10-16-29(34-20-23)27-14-12-25(42-4)18-31(27)44-6/h9-20H,21H2,1-8H3. The number of methoxy groups -OCH3 is 4. The van der Waals surface area contributed by atoms with Crippen molar-refractivity contribution in [2.45, 2.75) is 5.91 Å². The Kier molecular flexibility index (Phi) is 11.0. The molecular formula is C32H38N4O10S2. The zero-order valence-corrected chi connectivity index (χ0v) is 29.5. The molecule has 14 nitrogen and oxygen atoms in total. The Morgan fingerprint density at radius 2 is 1.06 bits per heavy atom. The van der Waals surface area contributed by atoms with Crippen molar-refractivity contribution in [3.05, 3.63) is 73.1 Å². The largest absolute Gasteiger partial charge is 0.497 e. The molecule has 0 N–H and O–H groups in total. The molecule has 4 aromatic rings. The van der Waals surface area contributed by atoms with Gasteiger partial charge >= 0.3 is 5.91 Å². The van der Waals surface area contributed by atoms with Gasteiger partial charge in [0, 0.05) is 37.4 Å². The van der Waals surface area contributed by atoms with Crippen LogP contribution in [0, 0.1) is 0 Å². The van der Waals surface area contributed by atoms with Crippen LogP contribution in [0.4, 0.5) is 11.4 Å². The summed E-state index contributed by atoms with van der Waals surface area (Å²) >= 11 is 0. The van der Waals surface area contributed by atoms with Gasteiger partial charge in [-0.3, -0.25) is 9.97 Å². The van der Waals surface area contributed by atoms with E-state index in [1.165, 1.54) is 25.3 Å². The van der Waals surface area contributed by atoms with Gasteiger partial charge in [-0.25, -0.2) is 8.37 Å². The molecule has 0 amide bonds. The molecule has 2 heterocycles. The summed E-state index contributed by atoms with van der Waals surface area (Å²) in [5.74, 6) is -0.118. The summed E-state index contributed by atoms with van der Waals surface area (Å²) in [7, 11) is 0.607. The highest BCUT2D eigenvalue weighted by Crippen LogP contribution is 2.36. The van der Waals surface area contributed by atoms with Crippen molar-refractivity contribution in [1.29, 1.82) is 0 Å². The van der Waals surface area contributed by atoms with Crippen LogP contribution in [-0.2, 0) is 28.6 Å². The summed E-state index contributed by atoms with van der Waals surface area (Å²) in [5.41, 5.74) is 3.29. The average Bonchev–Trinajstić information content (AvgIpc) is 3.05. The number of benzene rings is 2.